The van der Waals surface area contributed by atoms with Crippen LogP contribution in [0.4, 0.5) is 4.39 Å². The Hall–Kier alpha value is -1.38. The Morgan fingerprint density at radius 3 is 3.09 bits per heavy atom. The number of nitrogens with two attached hydrogens (primary N) is 1. The Bertz CT molecular complexity index is 310. The van der Waals surface area contributed by atoms with Crippen molar-refractivity contribution in [1.82, 2.24) is 0 Å². The monoisotopic (exact) mass is 150 g/mol. The molecule has 2 aliphatic rings. The first-order valence-electron chi connectivity index (χ1n) is 3.35. The van der Waals surface area contributed by atoms with Crippen molar-refractivity contribution in [2.45, 2.75) is 6.04 Å². The normalized spacial score (nSPS) is 27.4. The zero-order valence-electron chi connectivity index (χ0n) is 5.79. The van der Waals surface area contributed by atoms with Crippen LogP contribution in [-0.2, 0) is 0 Å². The Kier molecular flexibility index (Phi) is 1.18. The largest absolute Gasteiger partial charge is 0.399 e. The molecule has 1 atom stereocenters. The van der Waals surface area contributed by atoms with Gasteiger partial charge in [0.2, 0.25) is 0 Å². The molecule has 0 unspecified atom stereocenters. The van der Waals surface area contributed by atoms with Gasteiger partial charge in [0.1, 0.15) is 11.9 Å². The van der Waals surface area contributed by atoms with E-state index in [4.69, 9.17) is 5.73 Å². The molecular formula is C8H7FN2. The summed E-state index contributed by atoms with van der Waals surface area (Å²) >= 11 is 0. The number of nitrogens with zero attached hydrogens (tertiary/aromatic N) is 1. The van der Waals surface area contributed by atoms with Gasteiger partial charge in [-0.1, -0.05) is 0 Å². The molecule has 2 rings (SSSR count). The first-order chi connectivity index (χ1) is 5.27. The molecule has 0 fully saturated rings. The van der Waals surface area contributed by atoms with Crippen molar-refractivity contribution in [1.29, 1.82) is 0 Å². The van der Waals surface area contributed by atoms with Gasteiger partial charge < -0.3 is 5.73 Å². The van der Waals surface area contributed by atoms with Gasteiger partial charge in [-0.15, -0.1) is 0 Å². The number of fused-ring (bicyclic) bond motifs is 1. The fraction of sp³-hybridized carbons (Fsp3) is 0.125. The third-order valence-corrected chi connectivity index (χ3v) is 1.72. The van der Waals surface area contributed by atoms with E-state index in [1.807, 2.05) is 0 Å². The zero-order chi connectivity index (χ0) is 7.84. The summed E-state index contributed by atoms with van der Waals surface area (Å²) in [6.45, 7) is 0. The van der Waals surface area contributed by atoms with E-state index in [0.29, 0.717) is 5.70 Å². The van der Waals surface area contributed by atoms with Crippen molar-refractivity contribution >= 4 is 6.21 Å². The van der Waals surface area contributed by atoms with Gasteiger partial charge in [0, 0.05) is 11.9 Å². The van der Waals surface area contributed by atoms with Gasteiger partial charge >= 0.3 is 0 Å². The molecule has 0 aromatic heterocycles. The third-order valence-electron chi connectivity index (χ3n) is 1.72. The fourth-order valence-corrected chi connectivity index (χ4v) is 1.22. The maximum atomic E-state index is 13.0. The van der Waals surface area contributed by atoms with E-state index in [1.54, 1.807) is 18.4 Å². The van der Waals surface area contributed by atoms with Crippen LogP contribution in [0.15, 0.2) is 40.3 Å². The lowest BCUT2D eigenvalue weighted by molar-refractivity contribution is 0.574. The fourth-order valence-electron chi connectivity index (χ4n) is 1.22. The van der Waals surface area contributed by atoms with Crippen LogP contribution in [0.1, 0.15) is 0 Å². The highest BCUT2D eigenvalue weighted by Gasteiger charge is 2.22. The van der Waals surface area contributed by atoms with Crippen molar-refractivity contribution in [3.8, 4) is 0 Å². The molecule has 56 valence electrons. The van der Waals surface area contributed by atoms with Crippen molar-refractivity contribution in [3.05, 3.63) is 35.3 Å². The maximum absolute atomic E-state index is 13.0. The number of hydrogen-bond acceptors (Lipinski definition) is 2. The summed E-state index contributed by atoms with van der Waals surface area (Å²) < 4.78 is 13.0. The van der Waals surface area contributed by atoms with E-state index >= 15 is 0 Å². The van der Waals surface area contributed by atoms with Gasteiger partial charge in [0.15, 0.2) is 0 Å². The zero-order valence-corrected chi connectivity index (χ0v) is 5.79. The molecule has 1 aliphatic heterocycles. The highest BCUT2D eigenvalue weighted by Crippen LogP contribution is 2.26. The average Bonchev–Trinajstić information content (AvgIpc) is 2.34. The SMILES string of the molecule is NC1=CC2=CC=N[C@H]2C(F)=C1. The van der Waals surface area contributed by atoms with Crippen LogP contribution < -0.4 is 5.73 Å². The second-order valence-electron chi connectivity index (χ2n) is 2.54. The van der Waals surface area contributed by atoms with Gasteiger partial charge in [-0.05, 0) is 23.8 Å². The lowest BCUT2D eigenvalue weighted by Gasteiger charge is -2.12. The second kappa shape index (κ2) is 2.05. The number of halogens is 1. The topological polar surface area (TPSA) is 38.4 Å². The maximum Gasteiger partial charge on any atom is 0.131 e. The second-order valence-corrected chi connectivity index (χ2v) is 2.54. The van der Waals surface area contributed by atoms with Crippen molar-refractivity contribution < 1.29 is 4.39 Å². The van der Waals surface area contributed by atoms with Crippen LogP contribution in [0, 0.1) is 0 Å². The summed E-state index contributed by atoms with van der Waals surface area (Å²) in [5.74, 6) is -0.273. The highest BCUT2D eigenvalue weighted by atomic mass is 19.1. The molecule has 1 heterocycles. The van der Waals surface area contributed by atoms with Crippen LogP contribution in [-0.4, -0.2) is 12.3 Å². The van der Waals surface area contributed by atoms with E-state index < -0.39 is 6.04 Å². The quantitative estimate of drug-likeness (QED) is 0.551. The van der Waals surface area contributed by atoms with Gasteiger partial charge in [-0.25, -0.2) is 4.39 Å². The molecule has 0 saturated heterocycles. The van der Waals surface area contributed by atoms with Crippen LogP contribution in [0.5, 0.6) is 0 Å². The Morgan fingerprint density at radius 1 is 1.45 bits per heavy atom. The molecule has 0 spiro atoms. The lowest BCUT2D eigenvalue weighted by atomic mass is 10.0. The standard InChI is InChI=1S/C8H7FN2/c9-7-4-6(10)3-5-1-2-11-8(5)7/h1-4,8H,10H2/t8-/m1/s1. The van der Waals surface area contributed by atoms with Crippen molar-refractivity contribution in [2.24, 2.45) is 10.7 Å². The minimum atomic E-state index is -0.415. The van der Waals surface area contributed by atoms with Crippen LogP contribution in [0.25, 0.3) is 0 Å². The Morgan fingerprint density at radius 2 is 2.27 bits per heavy atom. The molecule has 2 nitrogen and oxygen atoms in total. The van der Waals surface area contributed by atoms with Gasteiger partial charge in [-0.2, -0.15) is 0 Å². The van der Waals surface area contributed by atoms with Crippen LogP contribution >= 0.6 is 0 Å². The molecule has 0 radical (unpaired) electrons. The molecule has 0 saturated carbocycles. The van der Waals surface area contributed by atoms with Crippen molar-refractivity contribution in [3.63, 3.8) is 0 Å². The van der Waals surface area contributed by atoms with Crippen LogP contribution in [0.3, 0.4) is 0 Å². The molecule has 0 amide bonds. The molecule has 3 heteroatoms. The Balaban J connectivity index is 2.45. The molecule has 0 bridgehead atoms. The first kappa shape index (κ1) is 6.34. The van der Waals surface area contributed by atoms with E-state index in [2.05, 4.69) is 4.99 Å². The van der Waals surface area contributed by atoms with Crippen molar-refractivity contribution in [2.75, 3.05) is 0 Å². The van der Waals surface area contributed by atoms with E-state index in [9.17, 15) is 4.39 Å². The third kappa shape index (κ3) is 0.888. The summed E-state index contributed by atoms with van der Waals surface area (Å²) in [6, 6.07) is -0.415. The van der Waals surface area contributed by atoms with E-state index in [-0.39, 0.29) is 5.83 Å². The molecule has 0 aromatic carbocycles. The predicted octanol–water partition coefficient (Wildman–Crippen LogP) is 1.08. The smallest absolute Gasteiger partial charge is 0.131 e. The van der Waals surface area contributed by atoms with Crippen LogP contribution in [0.2, 0.25) is 0 Å². The van der Waals surface area contributed by atoms with Gasteiger partial charge in [-0.3, -0.25) is 4.99 Å². The molecule has 0 aromatic rings. The molecule has 1 aliphatic carbocycles. The number of hydrogen-bond donors (Lipinski definition) is 1. The summed E-state index contributed by atoms with van der Waals surface area (Å²) in [4.78, 5) is 3.91. The van der Waals surface area contributed by atoms with Gasteiger partial charge in [0.25, 0.3) is 0 Å². The summed E-state index contributed by atoms with van der Waals surface area (Å²) in [5.41, 5.74) is 6.72. The molecule has 2 N–H and O–H groups in total. The van der Waals surface area contributed by atoms with Gasteiger partial charge in [0.05, 0.1) is 0 Å². The minimum absolute atomic E-state index is 0.273. The highest BCUT2D eigenvalue weighted by molar-refractivity contribution is 5.78. The Labute approximate surface area is 63.6 Å². The molecular weight excluding hydrogens is 143 g/mol. The van der Waals surface area contributed by atoms with E-state index in [1.165, 1.54) is 6.08 Å². The number of aliphatic imine (C=N–C) groups is 1. The molecule has 11 heavy (non-hydrogen) atoms. The predicted molar refractivity (Wildman–Crippen MR) is 41.8 cm³/mol. The van der Waals surface area contributed by atoms with E-state index in [0.717, 1.165) is 5.57 Å². The summed E-state index contributed by atoms with van der Waals surface area (Å²) in [6.07, 6.45) is 6.41. The lowest BCUT2D eigenvalue weighted by Crippen LogP contribution is -2.12. The number of rotatable bonds is 0. The minimum Gasteiger partial charge on any atom is -0.399 e. The average molecular weight is 150 g/mol. The number of allylic oxidation sites excluding steroid dienone is 2. The first-order valence-corrected chi connectivity index (χ1v) is 3.35. The summed E-state index contributed by atoms with van der Waals surface area (Å²) in [7, 11) is 0. The summed E-state index contributed by atoms with van der Waals surface area (Å²) in [5, 5.41) is 0.